The van der Waals surface area contributed by atoms with E-state index in [4.69, 9.17) is 4.74 Å². The minimum atomic E-state index is -0.233. The molecule has 0 spiro atoms. The second-order valence-electron chi connectivity index (χ2n) is 7.84. The Labute approximate surface area is 185 Å². The summed E-state index contributed by atoms with van der Waals surface area (Å²) < 4.78 is 7.39. The predicted molar refractivity (Wildman–Crippen MR) is 119 cm³/mol. The molecule has 1 aliphatic rings. The number of ketones is 1. The quantitative estimate of drug-likeness (QED) is 0.446. The molecule has 1 amide bonds. The largest absolute Gasteiger partial charge is 0.457 e. The summed E-state index contributed by atoms with van der Waals surface area (Å²) in [5.41, 5.74) is 1.61. The van der Waals surface area contributed by atoms with Crippen LogP contribution in [0.5, 0.6) is 11.5 Å². The molecule has 2 aromatic heterocycles. The van der Waals surface area contributed by atoms with Gasteiger partial charge < -0.3 is 9.64 Å². The standard InChI is InChI=1S/C25H22N4O3/c30-23(18-9-11-21(12-10-18)32-20-7-2-1-3-8-20)19-6-4-14-28(17-19)25(31)22-16-27-29-15-5-13-26-24(22)29/h1-3,5,7-13,15-16,19H,4,6,14,17H2. The molecule has 3 heterocycles. The van der Waals surface area contributed by atoms with Crippen LogP contribution in [0.15, 0.2) is 79.3 Å². The van der Waals surface area contributed by atoms with Crippen LogP contribution >= 0.6 is 0 Å². The zero-order valence-electron chi connectivity index (χ0n) is 17.4. The predicted octanol–water partition coefficient (Wildman–Crippen LogP) is 4.26. The molecule has 160 valence electrons. The highest BCUT2D eigenvalue weighted by molar-refractivity contribution is 6.01. The van der Waals surface area contributed by atoms with Crippen LogP contribution in [0.25, 0.3) is 5.65 Å². The lowest BCUT2D eigenvalue weighted by Gasteiger charge is -2.31. The molecule has 1 saturated heterocycles. The second kappa shape index (κ2) is 8.63. The molecule has 7 nitrogen and oxygen atoms in total. The molecule has 1 unspecified atom stereocenters. The average Bonchev–Trinajstić information content (AvgIpc) is 3.28. The van der Waals surface area contributed by atoms with E-state index in [2.05, 4.69) is 10.1 Å². The third-order valence-electron chi connectivity index (χ3n) is 5.71. The van der Waals surface area contributed by atoms with Crippen molar-refractivity contribution in [2.75, 3.05) is 13.1 Å². The first-order valence-corrected chi connectivity index (χ1v) is 10.6. The van der Waals surface area contributed by atoms with Crippen molar-refractivity contribution in [3.05, 3.63) is 90.4 Å². The van der Waals surface area contributed by atoms with Crippen molar-refractivity contribution in [3.8, 4) is 11.5 Å². The van der Waals surface area contributed by atoms with Gasteiger partial charge in [0.05, 0.1) is 6.20 Å². The van der Waals surface area contributed by atoms with Crippen LogP contribution in [0.1, 0.15) is 33.6 Å². The maximum absolute atomic E-state index is 13.1. The summed E-state index contributed by atoms with van der Waals surface area (Å²) in [6, 6.07) is 18.5. The van der Waals surface area contributed by atoms with Crippen molar-refractivity contribution >= 4 is 17.3 Å². The number of hydrogen-bond donors (Lipinski definition) is 0. The Bertz CT molecular complexity index is 1250. The maximum Gasteiger partial charge on any atom is 0.259 e. The summed E-state index contributed by atoms with van der Waals surface area (Å²) in [4.78, 5) is 32.2. The molecule has 2 aromatic carbocycles. The number of likely N-dealkylation sites (tertiary alicyclic amines) is 1. The summed E-state index contributed by atoms with van der Waals surface area (Å²) >= 11 is 0. The lowest BCUT2D eigenvalue weighted by atomic mass is 9.89. The zero-order valence-corrected chi connectivity index (χ0v) is 17.4. The Morgan fingerprint density at radius 3 is 2.56 bits per heavy atom. The molecule has 0 bridgehead atoms. The minimum absolute atomic E-state index is 0.0479. The number of hydrogen-bond acceptors (Lipinski definition) is 5. The Morgan fingerprint density at radius 1 is 0.969 bits per heavy atom. The fraction of sp³-hybridized carbons (Fsp3) is 0.200. The van der Waals surface area contributed by atoms with Gasteiger partial charge in [-0.2, -0.15) is 5.10 Å². The van der Waals surface area contributed by atoms with Gasteiger partial charge in [-0.3, -0.25) is 9.59 Å². The molecule has 0 saturated carbocycles. The lowest BCUT2D eigenvalue weighted by molar-refractivity contribution is 0.0638. The fourth-order valence-corrected chi connectivity index (χ4v) is 4.07. The average molecular weight is 426 g/mol. The van der Waals surface area contributed by atoms with Gasteiger partial charge in [0.1, 0.15) is 17.1 Å². The van der Waals surface area contributed by atoms with E-state index in [1.807, 2.05) is 30.3 Å². The number of amides is 1. The van der Waals surface area contributed by atoms with E-state index >= 15 is 0 Å². The van der Waals surface area contributed by atoms with Crippen molar-refractivity contribution in [1.29, 1.82) is 0 Å². The van der Waals surface area contributed by atoms with Crippen molar-refractivity contribution in [1.82, 2.24) is 19.5 Å². The van der Waals surface area contributed by atoms with Gasteiger partial charge in [-0.1, -0.05) is 18.2 Å². The third kappa shape index (κ3) is 3.97. The summed E-state index contributed by atoms with van der Waals surface area (Å²) in [5.74, 6) is 1.10. The first-order valence-electron chi connectivity index (χ1n) is 10.6. The molecule has 0 aliphatic carbocycles. The highest BCUT2D eigenvalue weighted by Crippen LogP contribution is 2.26. The van der Waals surface area contributed by atoms with Gasteiger partial charge in [0.2, 0.25) is 0 Å². The van der Waals surface area contributed by atoms with Crippen molar-refractivity contribution < 1.29 is 14.3 Å². The first kappa shape index (κ1) is 19.9. The molecular formula is C25H22N4O3. The molecular weight excluding hydrogens is 404 g/mol. The van der Waals surface area contributed by atoms with E-state index in [0.717, 1.165) is 18.6 Å². The number of Topliss-reactive ketones (excluding diaryl/α,β-unsaturated/α-hetero) is 1. The van der Waals surface area contributed by atoms with Gasteiger partial charge in [-0.25, -0.2) is 9.50 Å². The molecule has 1 aliphatic heterocycles. The van der Waals surface area contributed by atoms with E-state index in [1.165, 1.54) is 0 Å². The lowest BCUT2D eigenvalue weighted by Crippen LogP contribution is -2.42. The van der Waals surface area contributed by atoms with Crippen molar-refractivity contribution in [3.63, 3.8) is 0 Å². The Balaban J connectivity index is 1.27. The zero-order chi connectivity index (χ0) is 21.9. The monoisotopic (exact) mass is 426 g/mol. The Morgan fingerprint density at radius 2 is 1.75 bits per heavy atom. The van der Waals surface area contributed by atoms with Gasteiger partial charge in [0.15, 0.2) is 11.4 Å². The SMILES string of the molecule is O=C(c1ccc(Oc2ccccc2)cc1)C1CCCN(C(=O)c2cnn3cccnc23)C1. The Hall–Kier alpha value is -4.00. The van der Waals surface area contributed by atoms with Crippen LogP contribution in [-0.4, -0.2) is 44.3 Å². The van der Waals surface area contributed by atoms with Crippen molar-refractivity contribution in [2.45, 2.75) is 12.8 Å². The number of piperidine rings is 1. The smallest absolute Gasteiger partial charge is 0.259 e. The van der Waals surface area contributed by atoms with Crippen LogP contribution in [-0.2, 0) is 0 Å². The number of ether oxygens (including phenoxy) is 1. The topological polar surface area (TPSA) is 76.8 Å². The third-order valence-corrected chi connectivity index (χ3v) is 5.71. The maximum atomic E-state index is 13.1. The van der Waals surface area contributed by atoms with Gasteiger partial charge in [0.25, 0.3) is 5.91 Å². The molecule has 4 aromatic rings. The van der Waals surface area contributed by atoms with Crippen molar-refractivity contribution in [2.24, 2.45) is 5.92 Å². The number of para-hydroxylation sites is 1. The molecule has 1 atom stereocenters. The minimum Gasteiger partial charge on any atom is -0.457 e. The van der Waals surface area contributed by atoms with Crippen LogP contribution in [0.4, 0.5) is 0 Å². The van der Waals surface area contributed by atoms with Crippen LogP contribution < -0.4 is 4.74 Å². The molecule has 1 fully saturated rings. The summed E-state index contributed by atoms with van der Waals surface area (Å²) in [7, 11) is 0. The number of carbonyl (C=O) groups excluding carboxylic acids is 2. The highest BCUT2D eigenvalue weighted by atomic mass is 16.5. The second-order valence-corrected chi connectivity index (χ2v) is 7.84. The van der Waals surface area contributed by atoms with Gasteiger partial charge >= 0.3 is 0 Å². The number of rotatable bonds is 5. The van der Waals surface area contributed by atoms with E-state index < -0.39 is 0 Å². The Kier molecular flexibility index (Phi) is 5.37. The number of benzene rings is 2. The van der Waals surface area contributed by atoms with Gasteiger partial charge in [-0.05, 0) is 55.3 Å². The molecule has 0 N–H and O–H groups in total. The molecule has 32 heavy (non-hydrogen) atoms. The number of nitrogens with zero attached hydrogens (tertiary/aromatic N) is 4. The van der Waals surface area contributed by atoms with E-state index in [-0.39, 0.29) is 17.6 Å². The number of aromatic nitrogens is 3. The van der Waals surface area contributed by atoms with Gasteiger partial charge in [-0.15, -0.1) is 0 Å². The molecule has 5 rings (SSSR count). The van der Waals surface area contributed by atoms with Crippen LogP contribution in [0, 0.1) is 5.92 Å². The first-order chi connectivity index (χ1) is 15.7. The molecule has 7 heteroatoms. The summed E-state index contributed by atoms with van der Waals surface area (Å²) in [5, 5.41) is 4.20. The van der Waals surface area contributed by atoms with Crippen LogP contribution in [0.2, 0.25) is 0 Å². The van der Waals surface area contributed by atoms with E-state index in [0.29, 0.717) is 35.6 Å². The fourth-order valence-electron chi connectivity index (χ4n) is 4.07. The highest BCUT2D eigenvalue weighted by Gasteiger charge is 2.30. The summed E-state index contributed by atoms with van der Waals surface area (Å²) in [6.45, 7) is 1.01. The number of fused-ring (bicyclic) bond motifs is 1. The number of carbonyl (C=O) groups is 2. The normalized spacial score (nSPS) is 16.1. The molecule has 0 radical (unpaired) electrons. The van der Waals surface area contributed by atoms with E-state index in [1.54, 1.807) is 58.3 Å². The summed E-state index contributed by atoms with van der Waals surface area (Å²) in [6.07, 6.45) is 6.48. The van der Waals surface area contributed by atoms with E-state index in [9.17, 15) is 9.59 Å². The van der Waals surface area contributed by atoms with Crippen LogP contribution in [0.3, 0.4) is 0 Å². The van der Waals surface area contributed by atoms with Gasteiger partial charge in [0, 0.05) is 37.0 Å².